The number of aromatic nitrogens is 4. The second-order valence-corrected chi connectivity index (χ2v) is 14.9. The molecule has 0 spiro atoms. The molecule has 0 saturated heterocycles. The summed E-state index contributed by atoms with van der Waals surface area (Å²) in [4.78, 5) is 10.1. The van der Waals surface area contributed by atoms with Gasteiger partial charge in [0.25, 0.3) is 0 Å². The number of fused-ring (bicyclic) bond motifs is 6. The van der Waals surface area contributed by atoms with E-state index in [1.54, 1.807) is 0 Å². The molecule has 4 aromatic heterocycles. The first-order chi connectivity index (χ1) is 24.9. The van der Waals surface area contributed by atoms with E-state index in [1.165, 1.54) is 32.6 Å². The fourth-order valence-corrected chi connectivity index (χ4v) is 8.26. The van der Waals surface area contributed by atoms with Crippen molar-refractivity contribution in [3.63, 3.8) is 0 Å². The number of unbranched alkanes of at least 4 members (excludes halogenated alkanes) is 2. The van der Waals surface area contributed by atoms with Gasteiger partial charge in [0.2, 0.25) is 0 Å². The van der Waals surface area contributed by atoms with Gasteiger partial charge >= 0.3 is 0 Å². The summed E-state index contributed by atoms with van der Waals surface area (Å²) in [5.74, 6) is 0. The molecule has 5 nitrogen and oxygen atoms in total. The minimum Gasteiger partial charge on any atom is -0.335 e. The molecule has 0 radical (unpaired) electrons. The Balaban J connectivity index is 1.14. The monoisotopic (exact) mass is 709 g/mol. The third-order valence-electron chi connectivity index (χ3n) is 10.2. The molecule has 0 fully saturated rings. The van der Waals surface area contributed by atoms with Gasteiger partial charge in [-0.2, -0.15) is 0 Å². The lowest BCUT2D eigenvalue weighted by atomic mass is 9.83. The number of pyridine rings is 2. The molecule has 0 saturated carbocycles. The van der Waals surface area contributed by atoms with Crippen LogP contribution >= 0.6 is 23.2 Å². The average molecular weight is 711 g/mol. The highest BCUT2D eigenvalue weighted by atomic mass is 35.5. The van der Waals surface area contributed by atoms with Crippen LogP contribution in [0.1, 0.15) is 55.1 Å². The van der Waals surface area contributed by atoms with Gasteiger partial charge in [0, 0.05) is 85.5 Å². The Morgan fingerprint density at radius 2 is 1.06 bits per heavy atom. The molecule has 0 amide bonds. The van der Waals surface area contributed by atoms with Crippen molar-refractivity contribution in [1.29, 1.82) is 0 Å². The van der Waals surface area contributed by atoms with E-state index in [9.17, 15) is 0 Å². The summed E-state index contributed by atoms with van der Waals surface area (Å²) in [7, 11) is 0. The minimum absolute atomic E-state index is 0.505. The summed E-state index contributed by atoms with van der Waals surface area (Å²) in [6.45, 7) is 3.67. The maximum Gasteiger partial charge on any atom is 0.0681 e. The topological polar surface area (TPSA) is 61.7 Å². The normalized spacial score (nSPS) is 12.2. The van der Waals surface area contributed by atoms with E-state index in [0.29, 0.717) is 25.9 Å². The Morgan fingerprint density at radius 1 is 0.569 bits per heavy atom. The second kappa shape index (κ2) is 14.1. The molecule has 8 aromatic rings. The molecule has 51 heavy (non-hydrogen) atoms. The van der Waals surface area contributed by atoms with Crippen LogP contribution in [0.2, 0.25) is 10.0 Å². The minimum atomic E-state index is -0.505. The number of nitrogens with two attached hydrogens (primary N) is 1. The standard InChI is InChI=1S/C44H41Cl2N5/c1-2-3-8-19-44(47,24-34-22-38-36-15-4-6-17-40(36)50(42(38)26-48-34)28-30-11-9-13-32(45)20-30)25-35-23-39-37-16-5-7-18-41(37)51(43(39)27-49-35)29-31-12-10-14-33(46)21-31/h4-7,9-18,20-23,26-27H,2-3,8,19,24-25,28-29,47H2,1H3. The molecule has 4 aromatic carbocycles. The van der Waals surface area contributed by atoms with Gasteiger partial charge in [-0.05, 0) is 66.1 Å². The molecule has 0 bridgehead atoms. The van der Waals surface area contributed by atoms with E-state index in [1.807, 2.05) is 48.8 Å². The number of para-hydroxylation sites is 2. The van der Waals surface area contributed by atoms with Crippen molar-refractivity contribution in [3.8, 4) is 0 Å². The first-order valence-corrected chi connectivity index (χ1v) is 18.6. The molecular formula is C44H41Cl2N5. The highest BCUT2D eigenvalue weighted by molar-refractivity contribution is 6.31. The van der Waals surface area contributed by atoms with Crippen molar-refractivity contribution in [2.24, 2.45) is 5.73 Å². The number of hydrogen-bond donors (Lipinski definition) is 1. The summed E-state index contributed by atoms with van der Waals surface area (Å²) in [6, 6.07) is 37.9. The van der Waals surface area contributed by atoms with E-state index < -0.39 is 5.54 Å². The molecule has 0 aliphatic carbocycles. The van der Waals surface area contributed by atoms with Crippen LogP contribution in [0, 0.1) is 0 Å². The molecule has 0 unspecified atom stereocenters. The van der Waals surface area contributed by atoms with Gasteiger partial charge in [-0.1, -0.05) is 110 Å². The Morgan fingerprint density at radius 3 is 1.53 bits per heavy atom. The quantitative estimate of drug-likeness (QED) is 0.128. The SMILES string of the molecule is CCCCCC(N)(Cc1cc2c3ccccc3n(Cc3cccc(Cl)c3)c2cn1)Cc1cc2c3ccccc3n(Cc3cccc(Cl)c3)c2cn1. The lowest BCUT2D eigenvalue weighted by molar-refractivity contribution is 0.365. The van der Waals surface area contributed by atoms with Crippen LogP contribution in [0.15, 0.2) is 122 Å². The van der Waals surface area contributed by atoms with E-state index in [2.05, 4.69) is 88.9 Å². The van der Waals surface area contributed by atoms with Crippen molar-refractivity contribution in [2.75, 3.05) is 0 Å². The molecule has 0 aliphatic rings. The smallest absolute Gasteiger partial charge is 0.0681 e. The van der Waals surface area contributed by atoms with Gasteiger partial charge in [0.05, 0.1) is 23.4 Å². The van der Waals surface area contributed by atoms with E-state index in [4.69, 9.17) is 38.9 Å². The molecule has 256 valence electrons. The summed E-state index contributed by atoms with van der Waals surface area (Å²) >= 11 is 12.7. The molecular weight excluding hydrogens is 669 g/mol. The van der Waals surface area contributed by atoms with Crippen molar-refractivity contribution >= 4 is 66.8 Å². The van der Waals surface area contributed by atoms with Gasteiger partial charge in [-0.25, -0.2) is 0 Å². The zero-order valence-corrected chi connectivity index (χ0v) is 30.3. The average Bonchev–Trinajstić information content (AvgIpc) is 3.60. The van der Waals surface area contributed by atoms with Crippen LogP contribution in [0.3, 0.4) is 0 Å². The number of hydrogen-bond acceptors (Lipinski definition) is 3. The van der Waals surface area contributed by atoms with Gasteiger partial charge in [-0.15, -0.1) is 0 Å². The Hall–Kier alpha value is -4.68. The Kier molecular flexibility index (Phi) is 9.28. The highest BCUT2D eigenvalue weighted by Crippen LogP contribution is 2.34. The fraction of sp³-hybridized carbons (Fsp3) is 0.227. The molecule has 8 rings (SSSR count). The van der Waals surface area contributed by atoms with E-state index in [-0.39, 0.29) is 0 Å². The summed E-state index contributed by atoms with van der Waals surface area (Å²) in [6.07, 6.45) is 9.63. The predicted molar refractivity (Wildman–Crippen MR) is 214 cm³/mol. The predicted octanol–water partition coefficient (Wildman–Crippen LogP) is 11.2. The number of rotatable bonds is 12. The Bertz CT molecular complexity index is 2340. The summed E-state index contributed by atoms with van der Waals surface area (Å²) in [5.41, 5.74) is 15.8. The largest absolute Gasteiger partial charge is 0.335 e. The van der Waals surface area contributed by atoms with Crippen LogP contribution < -0.4 is 5.73 Å². The van der Waals surface area contributed by atoms with E-state index >= 15 is 0 Å². The first-order valence-electron chi connectivity index (χ1n) is 17.9. The van der Waals surface area contributed by atoms with Crippen molar-refractivity contribution in [2.45, 2.75) is 64.1 Å². The highest BCUT2D eigenvalue weighted by Gasteiger charge is 2.28. The zero-order valence-electron chi connectivity index (χ0n) is 28.8. The van der Waals surface area contributed by atoms with Crippen LogP contribution in [0.25, 0.3) is 43.6 Å². The molecule has 7 heteroatoms. The van der Waals surface area contributed by atoms with Crippen LogP contribution in [-0.2, 0) is 25.9 Å². The van der Waals surface area contributed by atoms with Crippen molar-refractivity contribution in [3.05, 3.63) is 154 Å². The number of nitrogens with zero attached hydrogens (tertiary/aromatic N) is 4. The van der Waals surface area contributed by atoms with Gasteiger partial charge < -0.3 is 14.9 Å². The van der Waals surface area contributed by atoms with Crippen molar-refractivity contribution in [1.82, 2.24) is 19.1 Å². The van der Waals surface area contributed by atoms with Crippen LogP contribution in [-0.4, -0.2) is 24.6 Å². The molecule has 2 N–H and O–H groups in total. The van der Waals surface area contributed by atoms with Crippen molar-refractivity contribution < 1.29 is 0 Å². The fourth-order valence-electron chi connectivity index (χ4n) is 7.84. The molecule has 0 aliphatic heterocycles. The van der Waals surface area contributed by atoms with Crippen LogP contribution in [0.5, 0.6) is 0 Å². The third kappa shape index (κ3) is 6.86. The second-order valence-electron chi connectivity index (χ2n) is 14.0. The van der Waals surface area contributed by atoms with Gasteiger partial charge in [0.1, 0.15) is 0 Å². The lowest BCUT2D eigenvalue weighted by Crippen LogP contribution is -2.44. The molecule has 4 heterocycles. The number of benzene rings is 4. The number of halogens is 2. The maximum atomic E-state index is 7.44. The summed E-state index contributed by atoms with van der Waals surface area (Å²) < 4.78 is 4.68. The van der Waals surface area contributed by atoms with E-state index in [0.717, 1.165) is 69.3 Å². The maximum absolute atomic E-state index is 7.44. The third-order valence-corrected chi connectivity index (χ3v) is 10.7. The summed E-state index contributed by atoms with van der Waals surface area (Å²) in [5, 5.41) is 6.31. The lowest BCUT2D eigenvalue weighted by Gasteiger charge is -2.29. The first kappa shape index (κ1) is 33.5. The van der Waals surface area contributed by atoms with Gasteiger partial charge in [-0.3, -0.25) is 9.97 Å². The Labute approximate surface area is 308 Å². The van der Waals surface area contributed by atoms with Crippen LogP contribution in [0.4, 0.5) is 0 Å². The van der Waals surface area contributed by atoms with Gasteiger partial charge in [0.15, 0.2) is 0 Å². The molecule has 0 atom stereocenters. The zero-order chi connectivity index (χ0) is 35.0.